The number of dihydropyridines is 1. The lowest BCUT2D eigenvalue weighted by molar-refractivity contribution is -0.136. The summed E-state index contributed by atoms with van der Waals surface area (Å²) >= 11 is 1.41. The monoisotopic (exact) mass is 425 g/mol. The number of rotatable bonds is 5. The summed E-state index contributed by atoms with van der Waals surface area (Å²) in [6.45, 7) is 3.38. The molecule has 4 rings (SSSR count). The summed E-state index contributed by atoms with van der Waals surface area (Å²) in [4.78, 5) is 37.8. The molecule has 7 heteroatoms. The largest absolute Gasteiger partial charge is 0.466 e. The Balaban J connectivity index is 1.99. The van der Waals surface area contributed by atoms with E-state index < -0.39 is 17.9 Å². The number of hydrogen-bond donors (Lipinski definition) is 1. The van der Waals surface area contributed by atoms with Crippen LogP contribution in [0.5, 0.6) is 0 Å². The van der Waals surface area contributed by atoms with E-state index in [0.717, 1.165) is 39.9 Å². The van der Waals surface area contributed by atoms with Crippen LogP contribution in [-0.2, 0) is 19.1 Å². The predicted octanol–water partition coefficient (Wildman–Crippen LogP) is 4.07. The van der Waals surface area contributed by atoms with E-state index in [0.29, 0.717) is 16.7 Å². The van der Waals surface area contributed by atoms with Gasteiger partial charge in [-0.25, -0.2) is 9.59 Å². The molecular formula is C23H23NO5S. The number of nitrogens with one attached hydrogen (secondary N) is 1. The van der Waals surface area contributed by atoms with E-state index in [1.54, 1.807) is 12.1 Å². The smallest absolute Gasteiger partial charge is 0.339 e. The summed E-state index contributed by atoms with van der Waals surface area (Å²) in [6, 6.07) is 5.42. The first kappa shape index (κ1) is 20.3. The zero-order chi connectivity index (χ0) is 21.6. The fraction of sp³-hybridized carbons (Fsp3) is 0.348. The van der Waals surface area contributed by atoms with Crippen LogP contribution >= 0.6 is 11.3 Å². The van der Waals surface area contributed by atoms with E-state index in [4.69, 9.17) is 9.47 Å². The van der Waals surface area contributed by atoms with Crippen molar-refractivity contribution in [2.24, 2.45) is 5.92 Å². The molecule has 0 spiro atoms. The fourth-order valence-corrected chi connectivity index (χ4v) is 5.33. The Morgan fingerprint density at radius 2 is 1.77 bits per heavy atom. The molecule has 6 nitrogen and oxygen atoms in total. The zero-order valence-corrected chi connectivity index (χ0v) is 18.1. The molecule has 1 N–H and O–H groups in total. The van der Waals surface area contributed by atoms with E-state index in [1.165, 1.54) is 32.5 Å². The maximum Gasteiger partial charge on any atom is 0.339 e. The lowest BCUT2D eigenvalue weighted by Gasteiger charge is -2.31. The third kappa shape index (κ3) is 3.23. The summed E-state index contributed by atoms with van der Waals surface area (Å²) in [5.41, 5.74) is 3.92. The summed E-state index contributed by atoms with van der Waals surface area (Å²) in [6.07, 6.45) is 1.99. The van der Waals surface area contributed by atoms with E-state index >= 15 is 0 Å². The second-order valence-corrected chi connectivity index (χ2v) is 8.49. The third-order valence-electron chi connectivity index (χ3n) is 5.71. The lowest BCUT2D eigenvalue weighted by atomic mass is 9.78. The molecule has 1 aliphatic carbocycles. The highest BCUT2D eigenvalue weighted by Crippen LogP contribution is 2.48. The highest BCUT2D eigenvalue weighted by atomic mass is 32.1. The minimum atomic E-state index is -0.548. The quantitative estimate of drug-likeness (QED) is 0.727. The van der Waals surface area contributed by atoms with Crippen molar-refractivity contribution in [2.75, 3.05) is 14.2 Å². The Kier molecular flexibility index (Phi) is 5.24. The Morgan fingerprint density at radius 3 is 2.37 bits per heavy atom. The van der Waals surface area contributed by atoms with Crippen molar-refractivity contribution in [2.45, 2.75) is 32.6 Å². The molecule has 0 saturated heterocycles. The second-order valence-electron chi connectivity index (χ2n) is 7.61. The van der Waals surface area contributed by atoms with Gasteiger partial charge in [-0.3, -0.25) is 4.79 Å². The van der Waals surface area contributed by atoms with Crippen LogP contribution < -0.4 is 5.32 Å². The van der Waals surface area contributed by atoms with Gasteiger partial charge in [0.25, 0.3) is 0 Å². The number of carbonyl (C=O) groups excluding carboxylic acids is 3. The first-order valence-corrected chi connectivity index (χ1v) is 10.7. The summed E-state index contributed by atoms with van der Waals surface area (Å²) < 4.78 is 10.8. The van der Waals surface area contributed by atoms with Gasteiger partial charge < -0.3 is 14.8 Å². The molecule has 0 amide bonds. The lowest BCUT2D eigenvalue weighted by Crippen LogP contribution is -2.32. The molecule has 2 aliphatic rings. The molecule has 1 fully saturated rings. The van der Waals surface area contributed by atoms with Gasteiger partial charge in [0.05, 0.1) is 25.4 Å². The number of allylic oxidation sites excluding steroid dienone is 3. The van der Waals surface area contributed by atoms with Gasteiger partial charge >= 0.3 is 11.9 Å². The first-order valence-electron chi connectivity index (χ1n) is 9.78. The number of thiophene rings is 1. The van der Waals surface area contributed by atoms with Crippen molar-refractivity contribution >= 4 is 39.1 Å². The summed E-state index contributed by atoms with van der Waals surface area (Å²) in [5, 5.41) is 6.08. The topological polar surface area (TPSA) is 81.7 Å². The maximum absolute atomic E-state index is 12.9. The van der Waals surface area contributed by atoms with Crippen LogP contribution in [0, 0.1) is 5.92 Å². The number of ketones is 1. The van der Waals surface area contributed by atoms with Crippen LogP contribution in [0.15, 0.2) is 46.1 Å². The van der Waals surface area contributed by atoms with Crippen molar-refractivity contribution in [1.29, 1.82) is 0 Å². The Morgan fingerprint density at radius 1 is 1.07 bits per heavy atom. The maximum atomic E-state index is 12.9. The number of hydrogen-bond acceptors (Lipinski definition) is 7. The second kappa shape index (κ2) is 7.72. The van der Waals surface area contributed by atoms with Gasteiger partial charge in [0.2, 0.25) is 0 Å². The molecule has 156 valence electrons. The summed E-state index contributed by atoms with van der Waals surface area (Å²) in [7, 11) is 2.71. The van der Waals surface area contributed by atoms with Crippen LogP contribution in [0.25, 0.3) is 10.1 Å². The minimum Gasteiger partial charge on any atom is -0.466 e. The molecule has 1 aromatic heterocycles. The number of ether oxygens (including phenoxy) is 2. The van der Waals surface area contributed by atoms with Crippen LogP contribution in [0.1, 0.15) is 48.5 Å². The standard InChI is InChI=1S/C23H23NO5S/c1-11-17(12(2)25)18(19(23(27)29-4)20(24-11)13-8-9-13)16-10-30-21-14(16)6-5-7-15(21)22(26)28-3/h5-7,10,13,18,24H,8-9H2,1-4H3. The zero-order valence-electron chi connectivity index (χ0n) is 17.3. The highest BCUT2D eigenvalue weighted by molar-refractivity contribution is 7.17. The number of fused-ring (bicyclic) bond motifs is 1. The van der Waals surface area contributed by atoms with Crippen molar-refractivity contribution in [1.82, 2.24) is 5.32 Å². The predicted molar refractivity (Wildman–Crippen MR) is 114 cm³/mol. The van der Waals surface area contributed by atoms with Crippen molar-refractivity contribution in [3.05, 3.63) is 57.2 Å². The van der Waals surface area contributed by atoms with E-state index in [9.17, 15) is 14.4 Å². The number of Topliss-reactive ketones (excluding diaryl/α,β-unsaturated/α-hetero) is 1. The van der Waals surface area contributed by atoms with Crippen LogP contribution in [0.2, 0.25) is 0 Å². The molecule has 2 aromatic rings. The van der Waals surface area contributed by atoms with Gasteiger partial charge in [-0.2, -0.15) is 0 Å². The molecule has 0 radical (unpaired) electrons. The molecule has 2 heterocycles. The van der Waals surface area contributed by atoms with Gasteiger partial charge in [0.15, 0.2) is 5.78 Å². The Labute approximate surface area is 178 Å². The molecule has 1 unspecified atom stereocenters. The van der Waals surface area contributed by atoms with Crippen molar-refractivity contribution in [3.8, 4) is 0 Å². The summed E-state index contributed by atoms with van der Waals surface area (Å²) in [5.74, 6) is -1.25. The van der Waals surface area contributed by atoms with Gasteiger partial charge in [-0.05, 0) is 55.0 Å². The number of benzene rings is 1. The van der Waals surface area contributed by atoms with E-state index in [-0.39, 0.29) is 11.7 Å². The van der Waals surface area contributed by atoms with E-state index in [1.807, 2.05) is 18.4 Å². The van der Waals surface area contributed by atoms with Gasteiger partial charge in [-0.15, -0.1) is 11.3 Å². The number of carbonyl (C=O) groups is 3. The molecular weight excluding hydrogens is 402 g/mol. The number of esters is 2. The van der Waals surface area contributed by atoms with E-state index in [2.05, 4.69) is 5.32 Å². The van der Waals surface area contributed by atoms with Crippen LogP contribution in [0.4, 0.5) is 0 Å². The SMILES string of the molecule is COC(=O)C1=C(C2CC2)NC(C)=C(C(C)=O)C1c1csc2c(C(=O)OC)cccc12. The van der Waals surface area contributed by atoms with Crippen molar-refractivity contribution < 1.29 is 23.9 Å². The molecule has 1 aliphatic heterocycles. The van der Waals surface area contributed by atoms with Gasteiger partial charge in [-0.1, -0.05) is 12.1 Å². The molecule has 0 bridgehead atoms. The Hall–Kier alpha value is -2.93. The highest BCUT2D eigenvalue weighted by Gasteiger charge is 2.42. The van der Waals surface area contributed by atoms with Gasteiger partial charge in [0, 0.05) is 27.6 Å². The normalized spacial score (nSPS) is 19.0. The molecule has 30 heavy (non-hydrogen) atoms. The average molecular weight is 426 g/mol. The molecule has 1 atom stereocenters. The average Bonchev–Trinajstić information content (AvgIpc) is 3.50. The Bertz CT molecular complexity index is 1140. The fourth-order valence-electron chi connectivity index (χ4n) is 4.23. The van der Waals surface area contributed by atoms with Crippen LogP contribution in [0.3, 0.4) is 0 Å². The van der Waals surface area contributed by atoms with Crippen molar-refractivity contribution in [3.63, 3.8) is 0 Å². The molecule has 1 saturated carbocycles. The van der Waals surface area contributed by atoms with Gasteiger partial charge in [0.1, 0.15) is 0 Å². The van der Waals surface area contributed by atoms with Crippen LogP contribution in [-0.4, -0.2) is 31.9 Å². The minimum absolute atomic E-state index is 0.107. The number of methoxy groups -OCH3 is 2. The third-order valence-corrected chi connectivity index (χ3v) is 6.76. The first-order chi connectivity index (χ1) is 14.4. The molecule has 1 aromatic carbocycles.